The van der Waals surface area contributed by atoms with E-state index in [2.05, 4.69) is 20.7 Å². The zero-order valence-corrected chi connectivity index (χ0v) is 11.3. The molecular formula is C11H15N5O2S. The van der Waals surface area contributed by atoms with Crippen LogP contribution in [-0.4, -0.2) is 43.9 Å². The molecule has 1 unspecified atom stereocenters. The standard InChI is InChI=1S/C11H15N5O2S/c1-8(17)2-4-12-10(18)6-16-14-11(13-15-16)9-3-5-19-7-9/h3,5,7-8,17H,2,4,6H2,1H3,(H,12,18). The Balaban J connectivity index is 1.84. The maximum absolute atomic E-state index is 11.6. The Morgan fingerprint density at radius 3 is 3.16 bits per heavy atom. The van der Waals surface area contributed by atoms with Crippen molar-refractivity contribution < 1.29 is 9.90 Å². The zero-order chi connectivity index (χ0) is 13.7. The molecule has 0 saturated heterocycles. The quantitative estimate of drug-likeness (QED) is 0.794. The van der Waals surface area contributed by atoms with E-state index in [0.29, 0.717) is 18.8 Å². The molecule has 0 radical (unpaired) electrons. The van der Waals surface area contributed by atoms with Crippen LogP contribution in [0.5, 0.6) is 0 Å². The van der Waals surface area contributed by atoms with Gasteiger partial charge in [-0.1, -0.05) is 0 Å². The van der Waals surface area contributed by atoms with Gasteiger partial charge in [-0.05, 0) is 30.0 Å². The first-order valence-electron chi connectivity index (χ1n) is 5.90. The van der Waals surface area contributed by atoms with Gasteiger partial charge in [0, 0.05) is 17.5 Å². The Morgan fingerprint density at radius 1 is 1.63 bits per heavy atom. The average molecular weight is 281 g/mol. The number of nitrogens with one attached hydrogen (secondary N) is 1. The molecule has 0 bridgehead atoms. The molecule has 0 spiro atoms. The van der Waals surface area contributed by atoms with Gasteiger partial charge in [0.1, 0.15) is 6.54 Å². The fourth-order valence-corrected chi connectivity index (χ4v) is 2.06. The highest BCUT2D eigenvalue weighted by Crippen LogP contribution is 2.16. The summed E-state index contributed by atoms with van der Waals surface area (Å²) in [7, 11) is 0. The Bertz CT molecular complexity index is 523. The van der Waals surface area contributed by atoms with E-state index in [1.807, 2.05) is 16.8 Å². The molecule has 19 heavy (non-hydrogen) atoms. The number of thiophene rings is 1. The molecule has 2 aromatic rings. The molecule has 102 valence electrons. The summed E-state index contributed by atoms with van der Waals surface area (Å²) in [5.41, 5.74) is 0.894. The molecule has 2 rings (SSSR count). The summed E-state index contributed by atoms with van der Waals surface area (Å²) < 4.78 is 0. The van der Waals surface area contributed by atoms with Crippen molar-refractivity contribution in [3.8, 4) is 11.4 Å². The highest BCUT2D eigenvalue weighted by Gasteiger charge is 2.09. The van der Waals surface area contributed by atoms with Gasteiger partial charge in [-0.25, -0.2) is 0 Å². The molecule has 8 heteroatoms. The van der Waals surface area contributed by atoms with Crippen LogP contribution < -0.4 is 5.32 Å². The van der Waals surface area contributed by atoms with Crippen LogP contribution >= 0.6 is 11.3 Å². The first kappa shape index (κ1) is 13.6. The Hall–Kier alpha value is -1.80. The number of hydrogen-bond acceptors (Lipinski definition) is 6. The monoisotopic (exact) mass is 281 g/mol. The summed E-state index contributed by atoms with van der Waals surface area (Å²) in [5.74, 6) is 0.313. The lowest BCUT2D eigenvalue weighted by atomic mass is 10.3. The van der Waals surface area contributed by atoms with Gasteiger partial charge in [0.15, 0.2) is 0 Å². The van der Waals surface area contributed by atoms with Crippen LogP contribution in [0.4, 0.5) is 0 Å². The second-order valence-corrected chi connectivity index (χ2v) is 4.92. The van der Waals surface area contributed by atoms with Gasteiger partial charge in [-0.3, -0.25) is 4.79 Å². The van der Waals surface area contributed by atoms with E-state index in [0.717, 1.165) is 5.56 Å². The topological polar surface area (TPSA) is 92.9 Å². The summed E-state index contributed by atoms with van der Waals surface area (Å²) in [5, 5.41) is 27.4. The lowest BCUT2D eigenvalue weighted by molar-refractivity contribution is -0.122. The average Bonchev–Trinajstić information content (AvgIpc) is 2.97. The second kappa shape index (κ2) is 6.39. The number of carbonyl (C=O) groups excluding carboxylic acids is 1. The molecule has 7 nitrogen and oxygen atoms in total. The third-order valence-corrected chi connectivity index (χ3v) is 3.08. The van der Waals surface area contributed by atoms with Crippen LogP contribution in [-0.2, 0) is 11.3 Å². The minimum absolute atomic E-state index is 0.0247. The fourth-order valence-electron chi connectivity index (χ4n) is 1.42. The van der Waals surface area contributed by atoms with Crippen LogP contribution in [0.2, 0.25) is 0 Å². The van der Waals surface area contributed by atoms with Gasteiger partial charge >= 0.3 is 0 Å². The highest BCUT2D eigenvalue weighted by atomic mass is 32.1. The minimum atomic E-state index is -0.421. The third-order valence-electron chi connectivity index (χ3n) is 2.40. The van der Waals surface area contributed by atoms with Gasteiger partial charge in [0.25, 0.3) is 0 Å². The maximum Gasteiger partial charge on any atom is 0.243 e. The van der Waals surface area contributed by atoms with Crippen molar-refractivity contribution in [3.63, 3.8) is 0 Å². The summed E-state index contributed by atoms with van der Waals surface area (Å²) in [6, 6.07) is 1.90. The number of nitrogens with zero attached hydrogens (tertiary/aromatic N) is 4. The van der Waals surface area contributed by atoms with Gasteiger partial charge in [-0.2, -0.15) is 16.1 Å². The zero-order valence-electron chi connectivity index (χ0n) is 10.5. The molecule has 0 aliphatic carbocycles. The minimum Gasteiger partial charge on any atom is -0.393 e. The number of hydrogen-bond donors (Lipinski definition) is 2. The SMILES string of the molecule is CC(O)CCNC(=O)Cn1nnc(-c2ccsc2)n1. The van der Waals surface area contributed by atoms with Crippen molar-refractivity contribution in [2.75, 3.05) is 6.54 Å². The summed E-state index contributed by atoms with van der Waals surface area (Å²) >= 11 is 1.55. The van der Waals surface area contributed by atoms with Crippen molar-refractivity contribution in [1.82, 2.24) is 25.5 Å². The molecule has 0 aromatic carbocycles. The predicted octanol–water partition coefficient (Wildman–Crippen LogP) is 0.289. The lowest BCUT2D eigenvalue weighted by Gasteiger charge is -2.05. The van der Waals surface area contributed by atoms with E-state index in [-0.39, 0.29) is 12.5 Å². The van der Waals surface area contributed by atoms with Crippen molar-refractivity contribution in [3.05, 3.63) is 16.8 Å². The number of aliphatic hydroxyl groups is 1. The molecule has 1 atom stereocenters. The smallest absolute Gasteiger partial charge is 0.243 e. The van der Waals surface area contributed by atoms with Gasteiger partial charge in [0.2, 0.25) is 11.7 Å². The number of aliphatic hydroxyl groups excluding tert-OH is 1. The number of rotatable bonds is 6. The lowest BCUT2D eigenvalue weighted by Crippen LogP contribution is -2.30. The largest absolute Gasteiger partial charge is 0.393 e. The normalized spacial score (nSPS) is 12.3. The molecule has 0 aliphatic rings. The first-order chi connectivity index (χ1) is 9.15. The van der Waals surface area contributed by atoms with Crippen LogP contribution in [0.25, 0.3) is 11.4 Å². The van der Waals surface area contributed by atoms with Gasteiger partial charge in [0.05, 0.1) is 6.10 Å². The number of aromatic nitrogens is 4. The molecule has 2 heterocycles. The van der Waals surface area contributed by atoms with E-state index in [1.54, 1.807) is 18.3 Å². The summed E-state index contributed by atoms with van der Waals surface area (Å²) in [6.45, 7) is 2.14. The van der Waals surface area contributed by atoms with Crippen molar-refractivity contribution >= 4 is 17.2 Å². The van der Waals surface area contributed by atoms with Crippen LogP contribution in [0, 0.1) is 0 Å². The van der Waals surface area contributed by atoms with Crippen LogP contribution in [0.1, 0.15) is 13.3 Å². The Labute approximate surface area is 114 Å². The number of amides is 1. The number of tetrazole rings is 1. The predicted molar refractivity (Wildman–Crippen MR) is 70.4 cm³/mol. The summed E-state index contributed by atoms with van der Waals surface area (Å²) in [6.07, 6.45) is 0.103. The Morgan fingerprint density at radius 2 is 2.47 bits per heavy atom. The molecule has 1 amide bonds. The van der Waals surface area contributed by atoms with E-state index < -0.39 is 6.10 Å². The highest BCUT2D eigenvalue weighted by molar-refractivity contribution is 7.08. The maximum atomic E-state index is 11.6. The molecule has 0 fully saturated rings. The van der Waals surface area contributed by atoms with E-state index in [9.17, 15) is 4.79 Å². The Kier molecular flexibility index (Phi) is 4.58. The molecule has 0 aliphatic heterocycles. The molecule has 2 N–H and O–H groups in total. The third kappa shape index (κ3) is 4.11. The van der Waals surface area contributed by atoms with Crippen molar-refractivity contribution in [2.45, 2.75) is 26.0 Å². The van der Waals surface area contributed by atoms with E-state index >= 15 is 0 Å². The molecule has 0 saturated carbocycles. The van der Waals surface area contributed by atoms with Crippen molar-refractivity contribution in [2.24, 2.45) is 0 Å². The van der Waals surface area contributed by atoms with Crippen molar-refractivity contribution in [1.29, 1.82) is 0 Å². The summed E-state index contributed by atoms with van der Waals surface area (Å²) in [4.78, 5) is 12.8. The van der Waals surface area contributed by atoms with Crippen LogP contribution in [0.15, 0.2) is 16.8 Å². The van der Waals surface area contributed by atoms with Gasteiger partial charge < -0.3 is 10.4 Å². The first-order valence-corrected chi connectivity index (χ1v) is 6.84. The van der Waals surface area contributed by atoms with Crippen LogP contribution in [0.3, 0.4) is 0 Å². The fraction of sp³-hybridized carbons (Fsp3) is 0.455. The second-order valence-electron chi connectivity index (χ2n) is 4.14. The molecule has 2 aromatic heterocycles. The molecular weight excluding hydrogens is 266 g/mol. The van der Waals surface area contributed by atoms with Gasteiger partial charge in [-0.15, -0.1) is 10.2 Å². The number of carbonyl (C=O) groups is 1. The van der Waals surface area contributed by atoms with E-state index in [4.69, 9.17) is 5.11 Å². The van der Waals surface area contributed by atoms with E-state index in [1.165, 1.54) is 4.80 Å².